The second-order valence-electron chi connectivity index (χ2n) is 6.31. The second kappa shape index (κ2) is 7.28. The molecule has 2 nitrogen and oxygen atoms in total. The lowest BCUT2D eigenvalue weighted by Crippen LogP contribution is -2.28. The van der Waals surface area contributed by atoms with E-state index >= 15 is 0 Å². The van der Waals surface area contributed by atoms with Crippen molar-refractivity contribution in [3.8, 4) is 0 Å². The van der Waals surface area contributed by atoms with Crippen molar-refractivity contribution < 1.29 is 0 Å². The molecule has 0 unspecified atom stereocenters. The van der Waals surface area contributed by atoms with Crippen LogP contribution < -0.4 is 5.73 Å². The van der Waals surface area contributed by atoms with E-state index in [1.54, 1.807) is 0 Å². The number of aryl methyl sites for hydroxylation is 2. The van der Waals surface area contributed by atoms with Crippen LogP contribution in [0.25, 0.3) is 0 Å². The molecule has 2 atom stereocenters. The van der Waals surface area contributed by atoms with E-state index in [1.807, 2.05) is 0 Å². The Bertz CT molecular complexity index is 612. The molecule has 1 heterocycles. The highest BCUT2D eigenvalue weighted by atomic mass is 35.5. The highest BCUT2D eigenvalue weighted by Crippen LogP contribution is 2.27. The van der Waals surface area contributed by atoms with Crippen molar-refractivity contribution in [2.75, 3.05) is 13.1 Å². The van der Waals surface area contributed by atoms with Gasteiger partial charge in [0.15, 0.2) is 0 Å². The Morgan fingerprint density at radius 1 is 1.05 bits per heavy atom. The molecule has 1 aliphatic rings. The SMILES string of the molecule is Cc1ccc(CN2C[C@@H](N)[C@H](c3ccccc3)C2)c(C)c1.Cl. The maximum Gasteiger partial charge on any atom is 0.0250 e. The molecule has 0 saturated carbocycles. The van der Waals surface area contributed by atoms with Gasteiger partial charge in [0.25, 0.3) is 0 Å². The van der Waals surface area contributed by atoms with Gasteiger partial charge in [-0.2, -0.15) is 0 Å². The lowest BCUT2D eigenvalue weighted by molar-refractivity contribution is 0.323. The van der Waals surface area contributed by atoms with Gasteiger partial charge in [-0.05, 0) is 30.5 Å². The van der Waals surface area contributed by atoms with Crippen LogP contribution in [0.1, 0.15) is 28.2 Å². The molecular weight excluding hydrogens is 292 g/mol. The summed E-state index contributed by atoms with van der Waals surface area (Å²) in [6.45, 7) is 7.38. The van der Waals surface area contributed by atoms with E-state index in [4.69, 9.17) is 5.73 Å². The molecule has 0 aromatic heterocycles. The van der Waals surface area contributed by atoms with E-state index in [1.165, 1.54) is 22.3 Å². The minimum Gasteiger partial charge on any atom is -0.326 e. The summed E-state index contributed by atoms with van der Waals surface area (Å²) < 4.78 is 0. The van der Waals surface area contributed by atoms with Crippen molar-refractivity contribution in [3.63, 3.8) is 0 Å². The first-order chi connectivity index (χ1) is 10.1. The Hall–Kier alpha value is -1.35. The number of benzene rings is 2. The summed E-state index contributed by atoms with van der Waals surface area (Å²) in [6.07, 6.45) is 0. The minimum atomic E-state index is 0. The van der Waals surface area contributed by atoms with Gasteiger partial charge >= 0.3 is 0 Å². The van der Waals surface area contributed by atoms with Gasteiger partial charge in [0.05, 0.1) is 0 Å². The van der Waals surface area contributed by atoms with Crippen LogP contribution in [0.4, 0.5) is 0 Å². The third-order valence-electron chi connectivity index (χ3n) is 4.56. The van der Waals surface area contributed by atoms with E-state index in [0.29, 0.717) is 5.92 Å². The van der Waals surface area contributed by atoms with Crippen molar-refractivity contribution in [2.24, 2.45) is 5.73 Å². The predicted molar refractivity (Wildman–Crippen MR) is 95.6 cm³/mol. The first kappa shape index (κ1) is 17.0. The highest BCUT2D eigenvalue weighted by molar-refractivity contribution is 5.85. The molecule has 0 radical (unpaired) electrons. The van der Waals surface area contributed by atoms with Crippen molar-refractivity contribution in [1.29, 1.82) is 0 Å². The van der Waals surface area contributed by atoms with Crippen LogP contribution in [-0.4, -0.2) is 24.0 Å². The molecule has 2 N–H and O–H groups in total. The fourth-order valence-corrected chi connectivity index (χ4v) is 3.36. The van der Waals surface area contributed by atoms with Gasteiger partial charge in [0.1, 0.15) is 0 Å². The van der Waals surface area contributed by atoms with Gasteiger partial charge < -0.3 is 5.73 Å². The summed E-state index contributed by atoms with van der Waals surface area (Å²) in [5.41, 5.74) is 11.9. The third kappa shape index (κ3) is 3.70. The average Bonchev–Trinajstić information content (AvgIpc) is 2.84. The van der Waals surface area contributed by atoms with E-state index in [-0.39, 0.29) is 18.4 Å². The number of likely N-dealkylation sites (tertiary alicyclic amines) is 1. The number of hydrogen-bond donors (Lipinski definition) is 1. The Kier molecular flexibility index (Phi) is 5.63. The molecule has 3 heteroatoms. The number of rotatable bonds is 3. The van der Waals surface area contributed by atoms with Crippen LogP contribution in [0, 0.1) is 13.8 Å². The molecule has 1 aliphatic heterocycles. The van der Waals surface area contributed by atoms with E-state index in [0.717, 1.165) is 19.6 Å². The molecule has 0 spiro atoms. The van der Waals surface area contributed by atoms with Crippen molar-refractivity contribution in [3.05, 3.63) is 70.8 Å². The van der Waals surface area contributed by atoms with Crippen LogP contribution >= 0.6 is 12.4 Å². The average molecular weight is 317 g/mol. The van der Waals surface area contributed by atoms with Crippen LogP contribution in [0.15, 0.2) is 48.5 Å². The van der Waals surface area contributed by atoms with Crippen LogP contribution in [0.2, 0.25) is 0 Å². The van der Waals surface area contributed by atoms with Crippen LogP contribution in [0.5, 0.6) is 0 Å². The molecule has 22 heavy (non-hydrogen) atoms. The minimum absolute atomic E-state index is 0. The lowest BCUT2D eigenvalue weighted by Gasteiger charge is -2.17. The molecule has 1 saturated heterocycles. The molecule has 0 bridgehead atoms. The zero-order valence-corrected chi connectivity index (χ0v) is 14.1. The summed E-state index contributed by atoms with van der Waals surface area (Å²) >= 11 is 0. The first-order valence-electron chi connectivity index (χ1n) is 7.72. The number of hydrogen-bond acceptors (Lipinski definition) is 2. The highest BCUT2D eigenvalue weighted by Gasteiger charge is 2.31. The summed E-state index contributed by atoms with van der Waals surface area (Å²) in [5, 5.41) is 0. The Morgan fingerprint density at radius 3 is 2.45 bits per heavy atom. The van der Waals surface area contributed by atoms with Gasteiger partial charge in [-0.1, -0.05) is 54.1 Å². The molecule has 3 rings (SSSR count). The molecule has 0 amide bonds. The van der Waals surface area contributed by atoms with E-state index < -0.39 is 0 Å². The fraction of sp³-hybridized carbons (Fsp3) is 0.368. The maximum absolute atomic E-state index is 6.38. The van der Waals surface area contributed by atoms with Crippen molar-refractivity contribution >= 4 is 12.4 Å². The number of halogens is 1. The van der Waals surface area contributed by atoms with Gasteiger partial charge in [0, 0.05) is 31.6 Å². The molecule has 0 aliphatic carbocycles. The summed E-state index contributed by atoms with van der Waals surface area (Å²) in [7, 11) is 0. The van der Waals surface area contributed by atoms with Gasteiger partial charge in [-0.25, -0.2) is 0 Å². The predicted octanol–water partition coefficient (Wildman–Crippen LogP) is 3.65. The third-order valence-corrected chi connectivity index (χ3v) is 4.56. The van der Waals surface area contributed by atoms with Gasteiger partial charge in [0.2, 0.25) is 0 Å². The first-order valence-corrected chi connectivity index (χ1v) is 7.72. The molecule has 1 fully saturated rings. The van der Waals surface area contributed by atoms with Crippen molar-refractivity contribution in [1.82, 2.24) is 4.90 Å². The maximum atomic E-state index is 6.38. The summed E-state index contributed by atoms with van der Waals surface area (Å²) in [6, 6.07) is 17.6. The quantitative estimate of drug-likeness (QED) is 0.936. The van der Waals surface area contributed by atoms with Crippen molar-refractivity contribution in [2.45, 2.75) is 32.4 Å². The molecule has 118 valence electrons. The van der Waals surface area contributed by atoms with E-state index in [2.05, 4.69) is 67.3 Å². The second-order valence-corrected chi connectivity index (χ2v) is 6.31. The summed E-state index contributed by atoms with van der Waals surface area (Å²) in [4.78, 5) is 2.49. The van der Waals surface area contributed by atoms with Gasteiger partial charge in [-0.15, -0.1) is 12.4 Å². The van der Waals surface area contributed by atoms with E-state index in [9.17, 15) is 0 Å². The smallest absolute Gasteiger partial charge is 0.0250 e. The Morgan fingerprint density at radius 2 is 1.77 bits per heavy atom. The van der Waals surface area contributed by atoms with Crippen LogP contribution in [-0.2, 0) is 6.54 Å². The molecule has 2 aromatic carbocycles. The summed E-state index contributed by atoms with van der Waals surface area (Å²) in [5.74, 6) is 0.456. The zero-order chi connectivity index (χ0) is 14.8. The number of nitrogens with zero attached hydrogens (tertiary/aromatic N) is 1. The zero-order valence-electron chi connectivity index (χ0n) is 13.3. The largest absolute Gasteiger partial charge is 0.326 e. The number of nitrogens with two attached hydrogens (primary N) is 1. The molecule has 2 aromatic rings. The lowest BCUT2D eigenvalue weighted by atomic mass is 9.95. The fourth-order valence-electron chi connectivity index (χ4n) is 3.36. The van der Waals surface area contributed by atoms with Gasteiger partial charge in [-0.3, -0.25) is 4.90 Å². The normalized spacial score (nSPS) is 21.6. The van der Waals surface area contributed by atoms with Crippen LogP contribution in [0.3, 0.4) is 0 Å². The molecular formula is C19H25ClN2. The topological polar surface area (TPSA) is 29.3 Å². The Balaban J connectivity index is 0.00000176. The Labute approximate surface area is 139 Å². The standard InChI is InChI=1S/C19H24N2.ClH/c1-14-8-9-17(15(2)10-14)11-21-12-18(19(20)13-21)16-6-4-3-5-7-16;/h3-10,18-19H,11-13,20H2,1-2H3;1H/t18-,19+;/m0./s1. The monoisotopic (exact) mass is 316 g/mol.